The molecule has 1 aliphatic carbocycles. The van der Waals surface area contributed by atoms with Crippen LogP contribution in [-0.2, 0) is 11.2 Å². The Labute approximate surface area is 177 Å². The molecule has 160 valence electrons. The molecule has 1 saturated heterocycles. The van der Waals surface area contributed by atoms with Gasteiger partial charge in [0.05, 0.1) is 12.6 Å². The van der Waals surface area contributed by atoms with E-state index in [-0.39, 0.29) is 23.9 Å². The molecule has 2 aliphatic rings. The zero-order valence-electron chi connectivity index (χ0n) is 18.0. The molecule has 0 atom stereocenters. The van der Waals surface area contributed by atoms with E-state index in [9.17, 15) is 9.59 Å². The van der Waals surface area contributed by atoms with E-state index in [0.29, 0.717) is 18.2 Å². The summed E-state index contributed by atoms with van der Waals surface area (Å²) in [4.78, 5) is 30.1. The van der Waals surface area contributed by atoms with E-state index in [2.05, 4.69) is 24.0 Å². The van der Waals surface area contributed by atoms with Gasteiger partial charge < -0.3 is 14.5 Å². The van der Waals surface area contributed by atoms with E-state index >= 15 is 0 Å². The summed E-state index contributed by atoms with van der Waals surface area (Å²) in [5.74, 6) is 1.02. The molecule has 4 rings (SSSR count). The topological polar surface area (TPSA) is 78.5 Å². The Balaban J connectivity index is 1.58. The second kappa shape index (κ2) is 8.13. The Morgan fingerprint density at radius 1 is 1.23 bits per heavy atom. The fraction of sp³-hybridized carbons (Fsp3) is 0.522. The van der Waals surface area contributed by atoms with Crippen molar-refractivity contribution in [3.05, 3.63) is 41.7 Å². The van der Waals surface area contributed by atoms with Crippen LogP contribution in [0.1, 0.15) is 55.7 Å². The first kappa shape index (κ1) is 20.4. The number of piperazine rings is 1. The van der Waals surface area contributed by atoms with Gasteiger partial charge in [-0.2, -0.15) is 5.10 Å². The number of hydrogen-bond donors (Lipinski definition) is 1. The first-order chi connectivity index (χ1) is 14.4. The molecule has 1 saturated carbocycles. The van der Waals surface area contributed by atoms with Crippen LogP contribution >= 0.6 is 0 Å². The van der Waals surface area contributed by atoms with Crippen molar-refractivity contribution in [2.24, 2.45) is 5.92 Å². The molecule has 1 N–H and O–H groups in total. The Morgan fingerprint density at radius 2 is 1.93 bits per heavy atom. The van der Waals surface area contributed by atoms with Crippen LogP contribution in [0.15, 0.2) is 30.3 Å². The lowest BCUT2D eigenvalue weighted by molar-refractivity contribution is -0.123. The van der Waals surface area contributed by atoms with Gasteiger partial charge in [0.2, 0.25) is 5.91 Å². The first-order valence-corrected chi connectivity index (χ1v) is 10.7. The van der Waals surface area contributed by atoms with E-state index in [1.165, 1.54) is 0 Å². The maximum Gasteiger partial charge on any atom is 0.274 e. The van der Waals surface area contributed by atoms with Crippen LogP contribution in [0.5, 0.6) is 5.75 Å². The van der Waals surface area contributed by atoms with Crippen molar-refractivity contribution >= 4 is 17.5 Å². The normalized spacial score (nSPS) is 18.5. The van der Waals surface area contributed by atoms with E-state index in [1.807, 2.05) is 35.2 Å². The molecular formula is C23H30N4O3. The number of aromatic amines is 1. The van der Waals surface area contributed by atoms with E-state index in [4.69, 9.17) is 4.74 Å². The van der Waals surface area contributed by atoms with Crippen LogP contribution in [-0.4, -0.2) is 52.6 Å². The first-order valence-electron chi connectivity index (χ1n) is 10.7. The minimum Gasteiger partial charge on any atom is -0.497 e. The summed E-state index contributed by atoms with van der Waals surface area (Å²) >= 11 is 0. The Hall–Kier alpha value is -2.83. The molecular weight excluding hydrogens is 380 g/mol. The standard InChI is InChI=1S/C23H30N4O3/c1-16(2)12-17-13-20(25-24-17)22(29)26-14-21(28)27(23(15-26)10-4-5-11-23)18-6-8-19(30-3)9-7-18/h6-9,13,16H,4-5,10-12,14-15H2,1-3H3,(H,24,25). The molecule has 1 aromatic heterocycles. The maximum atomic E-state index is 13.3. The van der Waals surface area contributed by atoms with Crippen LogP contribution < -0.4 is 9.64 Å². The molecule has 1 aromatic carbocycles. The maximum absolute atomic E-state index is 13.3. The quantitative estimate of drug-likeness (QED) is 0.819. The van der Waals surface area contributed by atoms with Crippen LogP contribution in [0.3, 0.4) is 0 Å². The zero-order valence-corrected chi connectivity index (χ0v) is 18.0. The van der Waals surface area contributed by atoms with Gasteiger partial charge in [0.1, 0.15) is 18.0 Å². The van der Waals surface area contributed by atoms with Crippen molar-refractivity contribution in [1.29, 1.82) is 0 Å². The predicted octanol–water partition coefficient (Wildman–Crippen LogP) is 3.42. The van der Waals surface area contributed by atoms with Gasteiger partial charge in [-0.3, -0.25) is 14.7 Å². The van der Waals surface area contributed by atoms with E-state index in [1.54, 1.807) is 12.0 Å². The summed E-state index contributed by atoms with van der Waals surface area (Å²) < 4.78 is 5.26. The molecule has 2 fully saturated rings. The van der Waals surface area contributed by atoms with E-state index < -0.39 is 0 Å². The number of hydrogen-bond acceptors (Lipinski definition) is 4. The lowest BCUT2D eigenvalue weighted by Crippen LogP contribution is -2.65. The lowest BCUT2D eigenvalue weighted by Gasteiger charge is -2.48. The molecule has 0 bridgehead atoms. The van der Waals surface area contributed by atoms with Gasteiger partial charge in [0.15, 0.2) is 0 Å². The summed E-state index contributed by atoms with van der Waals surface area (Å²) in [5.41, 5.74) is 1.86. The average molecular weight is 411 g/mol. The highest BCUT2D eigenvalue weighted by Crippen LogP contribution is 2.41. The number of nitrogens with zero attached hydrogens (tertiary/aromatic N) is 3. The van der Waals surface area contributed by atoms with Gasteiger partial charge in [-0.25, -0.2) is 0 Å². The highest BCUT2D eigenvalue weighted by molar-refractivity contribution is 6.02. The predicted molar refractivity (Wildman–Crippen MR) is 115 cm³/mol. The number of anilines is 1. The number of carbonyl (C=O) groups is 2. The van der Waals surface area contributed by atoms with Gasteiger partial charge >= 0.3 is 0 Å². The molecule has 30 heavy (non-hydrogen) atoms. The Morgan fingerprint density at radius 3 is 2.57 bits per heavy atom. The van der Waals surface area contributed by atoms with Crippen molar-refractivity contribution in [2.45, 2.75) is 51.5 Å². The third kappa shape index (κ3) is 3.80. The fourth-order valence-corrected chi connectivity index (χ4v) is 4.87. The van der Waals surface area contributed by atoms with Crippen molar-refractivity contribution in [3.8, 4) is 5.75 Å². The van der Waals surface area contributed by atoms with Gasteiger partial charge in [0, 0.05) is 17.9 Å². The average Bonchev–Trinajstić information content (AvgIpc) is 3.37. The summed E-state index contributed by atoms with van der Waals surface area (Å²) in [6, 6.07) is 9.44. The molecule has 2 aromatic rings. The van der Waals surface area contributed by atoms with E-state index in [0.717, 1.165) is 49.2 Å². The Bertz CT molecular complexity index is 913. The smallest absolute Gasteiger partial charge is 0.274 e. The van der Waals surface area contributed by atoms with Crippen molar-refractivity contribution in [1.82, 2.24) is 15.1 Å². The third-order valence-electron chi connectivity index (χ3n) is 6.17. The number of H-pyrrole nitrogens is 1. The van der Waals surface area contributed by atoms with Gasteiger partial charge in [-0.1, -0.05) is 26.7 Å². The van der Waals surface area contributed by atoms with Crippen LogP contribution in [0, 0.1) is 5.92 Å². The zero-order chi connectivity index (χ0) is 21.3. The highest BCUT2D eigenvalue weighted by atomic mass is 16.5. The molecule has 1 aliphatic heterocycles. The van der Waals surface area contributed by atoms with Gasteiger partial charge in [-0.05, 0) is 55.5 Å². The second-order valence-corrected chi connectivity index (χ2v) is 8.90. The van der Waals surface area contributed by atoms with Crippen LogP contribution in [0.2, 0.25) is 0 Å². The number of rotatable bonds is 5. The minimum absolute atomic E-state index is 0.0420. The molecule has 2 heterocycles. The van der Waals surface area contributed by atoms with Crippen molar-refractivity contribution in [2.75, 3.05) is 25.1 Å². The molecule has 7 heteroatoms. The number of benzene rings is 1. The van der Waals surface area contributed by atoms with Crippen LogP contribution in [0.25, 0.3) is 0 Å². The van der Waals surface area contributed by atoms with Crippen LogP contribution in [0.4, 0.5) is 5.69 Å². The molecule has 2 amide bonds. The lowest BCUT2D eigenvalue weighted by atomic mass is 9.90. The molecule has 0 unspecified atom stereocenters. The van der Waals surface area contributed by atoms with Gasteiger partial charge in [0.25, 0.3) is 5.91 Å². The monoisotopic (exact) mass is 410 g/mol. The summed E-state index contributed by atoms with van der Waals surface area (Å²) in [7, 11) is 1.63. The van der Waals surface area contributed by atoms with Gasteiger partial charge in [-0.15, -0.1) is 0 Å². The largest absolute Gasteiger partial charge is 0.497 e. The number of methoxy groups -OCH3 is 1. The number of carbonyl (C=O) groups excluding carboxylic acids is 2. The summed E-state index contributed by atoms with van der Waals surface area (Å²) in [6.07, 6.45) is 4.75. The minimum atomic E-state index is -0.351. The Kier molecular flexibility index (Phi) is 5.54. The molecule has 1 spiro atoms. The van der Waals surface area contributed by atoms with Crippen molar-refractivity contribution < 1.29 is 14.3 Å². The summed E-state index contributed by atoms with van der Waals surface area (Å²) in [6.45, 7) is 4.86. The third-order valence-corrected chi connectivity index (χ3v) is 6.17. The fourth-order valence-electron chi connectivity index (χ4n) is 4.87. The highest BCUT2D eigenvalue weighted by Gasteiger charge is 2.49. The molecule has 0 radical (unpaired) electrons. The van der Waals surface area contributed by atoms with Crippen molar-refractivity contribution in [3.63, 3.8) is 0 Å². The molecule has 7 nitrogen and oxygen atoms in total. The number of nitrogens with one attached hydrogen (secondary N) is 1. The summed E-state index contributed by atoms with van der Waals surface area (Å²) in [5, 5.41) is 7.20. The second-order valence-electron chi connectivity index (χ2n) is 8.90. The number of amides is 2. The SMILES string of the molecule is COc1ccc(N2C(=O)CN(C(=O)c3cc(CC(C)C)[nH]n3)CC23CCCC3)cc1. The number of ether oxygens (including phenoxy) is 1. The number of aromatic nitrogens is 2.